The standard InChI is InChI=1S/C24H19Cl2NO3S/c1-14-9-20-18(12-27(13-29-20)7-6-17-3-2-8-31-17)24-22(14)23(28)21(30-24)10-15-4-5-16(25)11-19(15)26/h2-5,8-11H,6-7,12-13H2,1H3/b21-10-. The number of carbonyl (C=O) groups excluding carboxylic acids is 1. The van der Waals surface area contributed by atoms with Crippen LogP contribution >= 0.6 is 34.5 Å². The SMILES string of the molecule is Cc1cc2c(c3c1C(=O)/C(=C/c1ccc(Cl)cc1Cl)O3)CN(CCc1cccs1)CO2. The molecule has 0 saturated heterocycles. The van der Waals surface area contributed by atoms with Crippen LogP contribution in [-0.4, -0.2) is 24.0 Å². The normalized spacial score (nSPS) is 16.7. The predicted molar refractivity (Wildman–Crippen MR) is 125 cm³/mol. The molecule has 1 aromatic heterocycles. The first-order valence-electron chi connectivity index (χ1n) is 9.93. The fourth-order valence-corrected chi connectivity index (χ4v) is 5.06. The third-order valence-corrected chi connectivity index (χ3v) is 6.99. The van der Waals surface area contributed by atoms with E-state index in [4.69, 9.17) is 32.7 Å². The Morgan fingerprint density at radius 2 is 2.10 bits per heavy atom. The van der Waals surface area contributed by atoms with Gasteiger partial charge >= 0.3 is 0 Å². The van der Waals surface area contributed by atoms with E-state index in [9.17, 15) is 4.79 Å². The molecule has 0 fully saturated rings. The molecular weight excluding hydrogens is 453 g/mol. The molecule has 5 rings (SSSR count). The number of hydrogen-bond donors (Lipinski definition) is 0. The van der Waals surface area contributed by atoms with Crippen molar-refractivity contribution < 1.29 is 14.3 Å². The number of nitrogens with zero attached hydrogens (tertiary/aromatic N) is 1. The summed E-state index contributed by atoms with van der Waals surface area (Å²) in [6, 6.07) is 11.3. The second-order valence-corrected chi connectivity index (χ2v) is 9.51. The summed E-state index contributed by atoms with van der Waals surface area (Å²) in [7, 11) is 0. The quantitative estimate of drug-likeness (QED) is 0.414. The van der Waals surface area contributed by atoms with Crippen LogP contribution in [0.3, 0.4) is 0 Å². The van der Waals surface area contributed by atoms with Gasteiger partial charge in [-0.2, -0.15) is 0 Å². The summed E-state index contributed by atoms with van der Waals surface area (Å²) in [4.78, 5) is 16.7. The topological polar surface area (TPSA) is 38.8 Å². The first-order valence-corrected chi connectivity index (χ1v) is 11.6. The molecule has 2 aliphatic rings. The molecule has 0 atom stereocenters. The minimum atomic E-state index is -0.142. The van der Waals surface area contributed by atoms with Crippen LogP contribution in [0.25, 0.3) is 6.08 Å². The molecule has 0 spiro atoms. The van der Waals surface area contributed by atoms with Gasteiger partial charge < -0.3 is 9.47 Å². The minimum Gasteiger partial charge on any atom is -0.478 e. The number of ketones is 1. The smallest absolute Gasteiger partial charge is 0.232 e. The zero-order valence-corrected chi connectivity index (χ0v) is 19.1. The summed E-state index contributed by atoms with van der Waals surface area (Å²) in [6.45, 7) is 3.98. The Kier molecular flexibility index (Phi) is 5.52. The highest BCUT2D eigenvalue weighted by atomic mass is 35.5. The average molecular weight is 472 g/mol. The van der Waals surface area contributed by atoms with Crippen LogP contribution in [0, 0.1) is 6.92 Å². The maximum absolute atomic E-state index is 13.1. The number of ether oxygens (including phenoxy) is 2. The monoisotopic (exact) mass is 471 g/mol. The van der Waals surface area contributed by atoms with E-state index in [2.05, 4.69) is 22.4 Å². The molecule has 0 unspecified atom stereocenters. The number of thiophene rings is 1. The van der Waals surface area contributed by atoms with E-state index in [1.54, 1.807) is 35.6 Å². The fourth-order valence-electron chi connectivity index (χ4n) is 3.90. The zero-order chi connectivity index (χ0) is 21.5. The number of rotatable bonds is 4. The summed E-state index contributed by atoms with van der Waals surface area (Å²) < 4.78 is 12.1. The van der Waals surface area contributed by atoms with Crippen LogP contribution in [0.15, 0.2) is 47.5 Å². The molecule has 158 valence electrons. The molecule has 7 heteroatoms. The number of benzene rings is 2. The van der Waals surface area contributed by atoms with Crippen molar-refractivity contribution in [3.8, 4) is 11.5 Å². The average Bonchev–Trinajstić information content (AvgIpc) is 3.37. The van der Waals surface area contributed by atoms with Crippen molar-refractivity contribution in [1.82, 2.24) is 4.90 Å². The Bertz CT molecular complexity index is 1200. The second-order valence-electron chi connectivity index (χ2n) is 7.64. The highest BCUT2D eigenvalue weighted by Gasteiger charge is 2.35. The number of hydrogen-bond acceptors (Lipinski definition) is 5. The highest BCUT2D eigenvalue weighted by Crippen LogP contribution is 2.44. The van der Waals surface area contributed by atoms with E-state index >= 15 is 0 Å². The molecule has 0 N–H and O–H groups in total. The third-order valence-electron chi connectivity index (χ3n) is 5.49. The van der Waals surface area contributed by atoms with Gasteiger partial charge in [0.05, 0.1) is 11.1 Å². The van der Waals surface area contributed by atoms with Gasteiger partial charge in [0.1, 0.15) is 18.2 Å². The van der Waals surface area contributed by atoms with Crippen LogP contribution in [-0.2, 0) is 13.0 Å². The summed E-state index contributed by atoms with van der Waals surface area (Å²) in [5, 5.41) is 3.10. The Labute approximate surface area is 194 Å². The number of fused-ring (bicyclic) bond motifs is 3. The highest BCUT2D eigenvalue weighted by molar-refractivity contribution is 7.09. The van der Waals surface area contributed by atoms with Gasteiger partial charge in [0.15, 0.2) is 5.76 Å². The van der Waals surface area contributed by atoms with Crippen LogP contribution in [0.5, 0.6) is 11.5 Å². The van der Waals surface area contributed by atoms with Gasteiger partial charge in [-0.05, 0) is 60.2 Å². The fraction of sp³-hybridized carbons (Fsp3) is 0.208. The van der Waals surface area contributed by atoms with Gasteiger partial charge in [-0.25, -0.2) is 0 Å². The van der Waals surface area contributed by atoms with E-state index in [1.165, 1.54) is 4.88 Å². The lowest BCUT2D eigenvalue weighted by Crippen LogP contribution is -2.33. The van der Waals surface area contributed by atoms with E-state index in [1.807, 2.05) is 13.0 Å². The molecule has 0 radical (unpaired) electrons. The van der Waals surface area contributed by atoms with E-state index in [0.29, 0.717) is 40.2 Å². The van der Waals surface area contributed by atoms with Crippen molar-refractivity contribution in [2.45, 2.75) is 19.9 Å². The Morgan fingerprint density at radius 3 is 2.87 bits per heavy atom. The summed E-state index contributed by atoms with van der Waals surface area (Å²) >= 11 is 14.0. The molecule has 0 bridgehead atoms. The van der Waals surface area contributed by atoms with E-state index < -0.39 is 0 Å². The largest absolute Gasteiger partial charge is 0.478 e. The first-order chi connectivity index (χ1) is 15.0. The van der Waals surface area contributed by atoms with Crippen molar-refractivity contribution in [3.05, 3.63) is 84.7 Å². The van der Waals surface area contributed by atoms with Crippen LogP contribution in [0.2, 0.25) is 10.0 Å². The number of Topliss-reactive ketones (excluding diaryl/α,β-unsaturated/α-hetero) is 1. The van der Waals surface area contributed by atoms with Gasteiger partial charge in [0.25, 0.3) is 0 Å². The third kappa shape index (κ3) is 3.99. The maximum Gasteiger partial charge on any atom is 0.232 e. The number of halogens is 2. The van der Waals surface area contributed by atoms with Crippen LogP contribution in [0.1, 0.15) is 31.9 Å². The van der Waals surface area contributed by atoms with Gasteiger partial charge in [-0.3, -0.25) is 9.69 Å². The predicted octanol–water partition coefficient (Wildman–Crippen LogP) is 6.37. The molecule has 31 heavy (non-hydrogen) atoms. The molecule has 0 aliphatic carbocycles. The molecule has 2 aromatic carbocycles. The van der Waals surface area contributed by atoms with E-state index in [0.717, 1.165) is 29.8 Å². The Hall–Kier alpha value is -2.31. The van der Waals surface area contributed by atoms with Crippen molar-refractivity contribution in [1.29, 1.82) is 0 Å². The maximum atomic E-state index is 13.1. The van der Waals surface area contributed by atoms with Crippen molar-refractivity contribution >= 4 is 46.4 Å². The lowest BCUT2D eigenvalue weighted by atomic mass is 9.98. The molecule has 4 nitrogen and oxygen atoms in total. The van der Waals surface area contributed by atoms with Gasteiger partial charge in [-0.1, -0.05) is 35.3 Å². The van der Waals surface area contributed by atoms with Crippen molar-refractivity contribution in [2.24, 2.45) is 0 Å². The zero-order valence-electron chi connectivity index (χ0n) is 16.8. The number of carbonyl (C=O) groups is 1. The molecule has 3 aromatic rings. The summed E-state index contributed by atoms with van der Waals surface area (Å²) in [5.74, 6) is 1.49. The van der Waals surface area contributed by atoms with Gasteiger partial charge in [0.2, 0.25) is 5.78 Å². The second kappa shape index (κ2) is 8.32. The molecule has 3 heterocycles. The molecule has 2 aliphatic heterocycles. The van der Waals surface area contributed by atoms with Crippen molar-refractivity contribution in [3.63, 3.8) is 0 Å². The van der Waals surface area contributed by atoms with Crippen molar-refractivity contribution in [2.75, 3.05) is 13.3 Å². The Balaban J connectivity index is 1.44. The van der Waals surface area contributed by atoms with E-state index in [-0.39, 0.29) is 11.5 Å². The minimum absolute atomic E-state index is 0.142. The van der Waals surface area contributed by atoms with Crippen LogP contribution in [0.4, 0.5) is 0 Å². The van der Waals surface area contributed by atoms with Gasteiger partial charge in [0, 0.05) is 28.0 Å². The summed E-state index contributed by atoms with van der Waals surface area (Å²) in [5.41, 5.74) is 3.04. The number of aryl methyl sites for hydroxylation is 1. The first kappa shape index (κ1) is 20.6. The van der Waals surface area contributed by atoms with Gasteiger partial charge in [-0.15, -0.1) is 11.3 Å². The molecule has 0 amide bonds. The van der Waals surface area contributed by atoms with Crippen LogP contribution < -0.4 is 9.47 Å². The molecule has 0 saturated carbocycles. The molecular formula is C24H19Cl2NO3S. The lowest BCUT2D eigenvalue weighted by Gasteiger charge is -2.30. The lowest BCUT2D eigenvalue weighted by molar-refractivity contribution is 0.0951. The summed E-state index contributed by atoms with van der Waals surface area (Å²) in [6.07, 6.45) is 2.63. The Morgan fingerprint density at radius 1 is 1.23 bits per heavy atom. The number of allylic oxidation sites excluding steroid dienone is 1.